The van der Waals surface area contributed by atoms with Crippen LogP contribution in [0.2, 0.25) is 0 Å². The number of hydrogen-bond donors (Lipinski definition) is 6. The zero-order valence-electron chi connectivity index (χ0n) is 22.2. The van der Waals surface area contributed by atoms with Crippen LogP contribution in [0.1, 0.15) is 86.5 Å². The third-order valence-corrected chi connectivity index (χ3v) is 11.3. The van der Waals surface area contributed by atoms with Gasteiger partial charge in [-0.25, -0.2) is 0 Å². The Hall–Kier alpha value is -0.830. The van der Waals surface area contributed by atoms with Gasteiger partial charge in [0.2, 0.25) is 0 Å². The highest BCUT2D eigenvalue weighted by molar-refractivity contribution is 5.95. The molecule has 5 unspecified atom stereocenters. The first kappa shape index (κ1) is 27.2. The molecule has 4 rings (SSSR count). The molecule has 0 radical (unpaired) electrons. The average Bonchev–Trinajstić information content (AvgIpc) is 3.01. The van der Waals surface area contributed by atoms with E-state index >= 15 is 0 Å². The van der Waals surface area contributed by atoms with Crippen molar-refractivity contribution in [2.45, 2.75) is 122 Å². The van der Waals surface area contributed by atoms with E-state index in [2.05, 4.69) is 0 Å². The molecule has 7 nitrogen and oxygen atoms in total. The van der Waals surface area contributed by atoms with Gasteiger partial charge in [0, 0.05) is 11.3 Å². The average molecular weight is 495 g/mol. The van der Waals surface area contributed by atoms with Crippen LogP contribution in [0, 0.1) is 34.5 Å². The normalized spacial score (nSPS) is 47.1. The number of fused-ring (bicyclic) bond motifs is 5. The van der Waals surface area contributed by atoms with Gasteiger partial charge >= 0.3 is 0 Å². The maximum absolute atomic E-state index is 13.3. The molecular formula is C28H46O7. The summed E-state index contributed by atoms with van der Waals surface area (Å²) < 4.78 is 0. The molecule has 200 valence electrons. The van der Waals surface area contributed by atoms with Gasteiger partial charge in [-0.1, -0.05) is 20.8 Å². The van der Waals surface area contributed by atoms with Gasteiger partial charge in [-0.2, -0.15) is 0 Å². The van der Waals surface area contributed by atoms with Gasteiger partial charge in [-0.05, 0) is 101 Å². The highest BCUT2D eigenvalue weighted by Gasteiger charge is 2.69. The molecule has 0 aliphatic heterocycles. The minimum atomic E-state index is -1.48. The van der Waals surface area contributed by atoms with E-state index in [1.54, 1.807) is 26.8 Å². The van der Waals surface area contributed by atoms with Gasteiger partial charge in [0.05, 0.1) is 35.1 Å². The van der Waals surface area contributed by atoms with Crippen molar-refractivity contribution >= 4 is 5.78 Å². The fraction of sp³-hybridized carbons (Fsp3) is 0.893. The Morgan fingerprint density at radius 2 is 1.69 bits per heavy atom. The summed E-state index contributed by atoms with van der Waals surface area (Å²) in [6.45, 7) is 10.9. The third-order valence-electron chi connectivity index (χ3n) is 11.3. The van der Waals surface area contributed by atoms with Crippen LogP contribution >= 0.6 is 0 Å². The summed E-state index contributed by atoms with van der Waals surface area (Å²) in [6.07, 6.45) is 1.71. The Balaban J connectivity index is 1.67. The molecule has 7 heteroatoms. The van der Waals surface area contributed by atoms with Crippen molar-refractivity contribution in [3.05, 3.63) is 11.6 Å². The van der Waals surface area contributed by atoms with Crippen molar-refractivity contribution in [1.29, 1.82) is 0 Å². The molecule has 0 aromatic carbocycles. The molecule has 11 atom stereocenters. The predicted octanol–water partition coefficient (Wildman–Crippen LogP) is 2.10. The van der Waals surface area contributed by atoms with Crippen LogP contribution in [0.5, 0.6) is 0 Å². The number of allylic oxidation sites excluding steroid dienone is 1. The summed E-state index contributed by atoms with van der Waals surface area (Å²) in [7, 11) is 0. The molecule has 0 aromatic heterocycles. The van der Waals surface area contributed by atoms with Crippen LogP contribution in [0.15, 0.2) is 11.6 Å². The molecule has 6 N–H and O–H groups in total. The van der Waals surface area contributed by atoms with E-state index in [9.17, 15) is 35.4 Å². The van der Waals surface area contributed by atoms with E-state index in [0.29, 0.717) is 37.7 Å². The first-order chi connectivity index (χ1) is 15.9. The Morgan fingerprint density at radius 3 is 2.29 bits per heavy atom. The van der Waals surface area contributed by atoms with Crippen molar-refractivity contribution in [2.75, 3.05) is 0 Å². The third kappa shape index (κ3) is 3.88. The van der Waals surface area contributed by atoms with Gasteiger partial charge in [0.15, 0.2) is 5.78 Å². The smallest absolute Gasteiger partial charge is 0.159 e. The van der Waals surface area contributed by atoms with Gasteiger partial charge in [0.1, 0.15) is 0 Å². The molecule has 3 saturated carbocycles. The first-order valence-electron chi connectivity index (χ1n) is 13.4. The minimum absolute atomic E-state index is 0.0887. The molecule has 0 spiro atoms. The summed E-state index contributed by atoms with van der Waals surface area (Å²) in [5.74, 6) is -1.21. The van der Waals surface area contributed by atoms with E-state index in [4.69, 9.17) is 0 Å². The maximum Gasteiger partial charge on any atom is 0.159 e. The number of aliphatic hydroxyl groups excluding tert-OH is 3. The Bertz CT molecular complexity index is 890. The van der Waals surface area contributed by atoms with E-state index in [-0.39, 0.29) is 36.4 Å². The van der Waals surface area contributed by atoms with E-state index in [1.807, 2.05) is 20.8 Å². The molecule has 0 aromatic rings. The lowest BCUT2D eigenvalue weighted by Gasteiger charge is -2.60. The van der Waals surface area contributed by atoms with Crippen LogP contribution in [-0.2, 0) is 4.79 Å². The number of carbonyl (C=O) groups excluding carboxylic acids is 1. The number of aliphatic hydroxyl groups is 6. The first-order valence-corrected chi connectivity index (χ1v) is 13.4. The topological polar surface area (TPSA) is 138 Å². The number of rotatable bonds is 5. The quantitative estimate of drug-likeness (QED) is 0.344. The molecule has 3 fully saturated rings. The Morgan fingerprint density at radius 1 is 1.06 bits per heavy atom. The summed E-state index contributed by atoms with van der Waals surface area (Å²) >= 11 is 0. The molecule has 35 heavy (non-hydrogen) atoms. The Labute approximate surface area is 209 Å². The van der Waals surface area contributed by atoms with Crippen molar-refractivity contribution in [3.63, 3.8) is 0 Å². The molecule has 0 heterocycles. The molecule has 0 bridgehead atoms. The molecular weight excluding hydrogens is 448 g/mol. The molecule has 0 saturated heterocycles. The largest absolute Gasteiger partial charge is 0.390 e. The lowest BCUT2D eigenvalue weighted by molar-refractivity contribution is -0.179. The lowest BCUT2D eigenvalue weighted by atomic mass is 9.45. The van der Waals surface area contributed by atoms with Crippen LogP contribution in [-0.4, -0.2) is 71.5 Å². The number of carbonyl (C=O) groups is 1. The fourth-order valence-corrected chi connectivity index (χ4v) is 8.40. The number of ketones is 1. The minimum Gasteiger partial charge on any atom is -0.390 e. The van der Waals surface area contributed by atoms with Crippen molar-refractivity contribution in [3.8, 4) is 0 Å². The summed E-state index contributed by atoms with van der Waals surface area (Å²) in [5, 5.41) is 66.1. The Kier molecular flexibility index (Phi) is 6.48. The second kappa shape index (κ2) is 8.34. The zero-order valence-corrected chi connectivity index (χ0v) is 22.2. The van der Waals surface area contributed by atoms with Gasteiger partial charge in [-0.15, -0.1) is 0 Å². The van der Waals surface area contributed by atoms with Crippen LogP contribution in [0.25, 0.3) is 0 Å². The van der Waals surface area contributed by atoms with Crippen LogP contribution < -0.4 is 0 Å². The second-order valence-corrected chi connectivity index (χ2v) is 13.6. The molecule has 0 amide bonds. The van der Waals surface area contributed by atoms with Gasteiger partial charge < -0.3 is 30.6 Å². The molecule has 4 aliphatic rings. The lowest BCUT2D eigenvalue weighted by Crippen LogP contribution is -2.63. The summed E-state index contributed by atoms with van der Waals surface area (Å²) in [6, 6.07) is 0. The summed E-state index contributed by atoms with van der Waals surface area (Å²) in [4.78, 5) is 13.3. The van der Waals surface area contributed by atoms with E-state index in [0.717, 1.165) is 0 Å². The van der Waals surface area contributed by atoms with Crippen molar-refractivity contribution in [1.82, 2.24) is 0 Å². The molecule has 4 aliphatic carbocycles. The standard InChI is InChI=1S/C28H46O7/c1-15(24(2,3)33)11-23(32)27(6,34)22-8-10-28(35)17-12-19(29)18-13-20(30)21(31)14-25(18,4)16(17)7-9-26(22,28)5/h12,15-16,18,20-23,30-35H,7-11,13-14H2,1-6H3/t15?,16?,18-,20+,21-,22-,23?,25+,26+,27?,28?/m0/s1. The number of hydrogen-bond acceptors (Lipinski definition) is 7. The van der Waals surface area contributed by atoms with Crippen molar-refractivity contribution in [2.24, 2.45) is 34.5 Å². The highest BCUT2D eigenvalue weighted by atomic mass is 16.3. The zero-order chi connectivity index (χ0) is 26.4. The summed E-state index contributed by atoms with van der Waals surface area (Å²) in [5.41, 5.74) is -4.35. The maximum atomic E-state index is 13.3. The van der Waals surface area contributed by atoms with Crippen LogP contribution in [0.4, 0.5) is 0 Å². The van der Waals surface area contributed by atoms with E-state index < -0.39 is 51.9 Å². The van der Waals surface area contributed by atoms with Crippen LogP contribution in [0.3, 0.4) is 0 Å². The van der Waals surface area contributed by atoms with Crippen molar-refractivity contribution < 1.29 is 35.4 Å². The van der Waals surface area contributed by atoms with Gasteiger partial charge in [0.25, 0.3) is 0 Å². The second-order valence-electron chi connectivity index (χ2n) is 13.6. The van der Waals surface area contributed by atoms with E-state index in [1.165, 1.54) is 0 Å². The SMILES string of the molecule is CC(CC(O)C(C)(O)[C@H]1CCC2(O)C3=CC(=O)[C@@H]4C[C@@H](O)[C@@H](O)C[C@]4(C)C3CC[C@]12C)C(C)(C)O. The highest BCUT2D eigenvalue weighted by Crippen LogP contribution is 2.68. The predicted molar refractivity (Wildman–Crippen MR) is 131 cm³/mol. The fourth-order valence-electron chi connectivity index (χ4n) is 8.40. The monoisotopic (exact) mass is 494 g/mol. The van der Waals surface area contributed by atoms with Gasteiger partial charge in [-0.3, -0.25) is 4.79 Å².